The molecule has 1 saturated carbocycles. The minimum atomic E-state index is -0.803. The van der Waals surface area contributed by atoms with Crippen LogP contribution < -0.4 is 5.32 Å². The zero-order valence-electron chi connectivity index (χ0n) is 13.4. The van der Waals surface area contributed by atoms with E-state index in [2.05, 4.69) is 5.32 Å². The highest BCUT2D eigenvalue weighted by Crippen LogP contribution is 2.43. The van der Waals surface area contributed by atoms with Gasteiger partial charge < -0.3 is 10.4 Å². The fourth-order valence-electron chi connectivity index (χ4n) is 2.95. The van der Waals surface area contributed by atoms with Gasteiger partial charge in [0, 0.05) is 12.1 Å². The zero-order chi connectivity index (χ0) is 16.9. The summed E-state index contributed by atoms with van der Waals surface area (Å²) in [6, 6.07) is 17.3. The molecule has 4 heteroatoms. The summed E-state index contributed by atoms with van der Waals surface area (Å²) in [4.78, 5) is 23.3. The Balaban J connectivity index is 1.66. The SMILES string of the molecule is O=C(O)CCc1ccc(NC(=O)C(c2ccccc2)C2CC2)cc1. The lowest BCUT2D eigenvalue weighted by atomic mass is 9.93. The number of carboxylic acids is 1. The van der Waals surface area contributed by atoms with Crippen molar-refractivity contribution in [3.8, 4) is 0 Å². The van der Waals surface area contributed by atoms with Gasteiger partial charge in [-0.15, -0.1) is 0 Å². The van der Waals surface area contributed by atoms with Crippen molar-refractivity contribution in [2.24, 2.45) is 5.92 Å². The van der Waals surface area contributed by atoms with Crippen LogP contribution in [0.4, 0.5) is 5.69 Å². The summed E-state index contributed by atoms with van der Waals surface area (Å²) in [5.74, 6) is -0.440. The van der Waals surface area contributed by atoms with Gasteiger partial charge in [0.15, 0.2) is 0 Å². The number of benzene rings is 2. The van der Waals surface area contributed by atoms with E-state index in [1.54, 1.807) is 0 Å². The number of hydrogen-bond donors (Lipinski definition) is 2. The third kappa shape index (κ3) is 4.22. The molecule has 1 atom stereocenters. The Morgan fingerprint density at radius 2 is 1.71 bits per heavy atom. The molecule has 0 heterocycles. The average Bonchev–Trinajstić information content (AvgIpc) is 3.40. The molecule has 0 aliphatic heterocycles. The summed E-state index contributed by atoms with van der Waals surface area (Å²) >= 11 is 0. The first-order valence-electron chi connectivity index (χ1n) is 8.30. The van der Waals surface area contributed by atoms with Crippen LogP contribution in [0.5, 0.6) is 0 Å². The highest BCUT2D eigenvalue weighted by Gasteiger charge is 2.37. The number of aliphatic carboxylic acids is 1. The standard InChI is InChI=1S/C20H21NO3/c22-18(23)13-8-14-6-11-17(12-7-14)21-20(24)19(16-9-10-16)15-4-2-1-3-5-15/h1-7,11-12,16,19H,8-10,13H2,(H,21,24)(H,22,23). The smallest absolute Gasteiger partial charge is 0.303 e. The van der Waals surface area contributed by atoms with E-state index in [9.17, 15) is 9.59 Å². The predicted molar refractivity (Wildman–Crippen MR) is 92.9 cm³/mol. The molecule has 2 aromatic rings. The lowest BCUT2D eigenvalue weighted by molar-refractivity contribution is -0.137. The Morgan fingerprint density at radius 1 is 1.04 bits per heavy atom. The van der Waals surface area contributed by atoms with Gasteiger partial charge >= 0.3 is 5.97 Å². The van der Waals surface area contributed by atoms with Crippen molar-refractivity contribution >= 4 is 17.6 Å². The number of amides is 1. The molecule has 0 bridgehead atoms. The second-order valence-electron chi connectivity index (χ2n) is 6.31. The van der Waals surface area contributed by atoms with Gasteiger partial charge in [-0.2, -0.15) is 0 Å². The Bertz CT molecular complexity index is 705. The van der Waals surface area contributed by atoms with Crippen LogP contribution in [-0.4, -0.2) is 17.0 Å². The number of nitrogens with one attached hydrogen (secondary N) is 1. The van der Waals surface area contributed by atoms with Crippen LogP contribution >= 0.6 is 0 Å². The van der Waals surface area contributed by atoms with Gasteiger partial charge in [0.25, 0.3) is 0 Å². The number of carbonyl (C=O) groups is 2. The minimum Gasteiger partial charge on any atom is -0.481 e. The molecule has 0 radical (unpaired) electrons. The monoisotopic (exact) mass is 323 g/mol. The van der Waals surface area contributed by atoms with Crippen LogP contribution in [0.1, 0.15) is 36.3 Å². The lowest BCUT2D eigenvalue weighted by Gasteiger charge is -2.17. The second-order valence-corrected chi connectivity index (χ2v) is 6.31. The van der Waals surface area contributed by atoms with Crippen LogP contribution in [0, 0.1) is 5.92 Å². The van der Waals surface area contributed by atoms with Gasteiger partial charge in [0.1, 0.15) is 0 Å². The van der Waals surface area contributed by atoms with Gasteiger partial charge in [-0.1, -0.05) is 42.5 Å². The minimum absolute atomic E-state index is 0.0296. The summed E-state index contributed by atoms with van der Waals surface area (Å²) in [6.45, 7) is 0. The molecule has 1 fully saturated rings. The summed E-state index contributed by atoms with van der Waals surface area (Å²) in [5, 5.41) is 11.7. The number of rotatable bonds is 7. The van der Waals surface area contributed by atoms with Crippen LogP contribution in [0.3, 0.4) is 0 Å². The zero-order valence-corrected chi connectivity index (χ0v) is 13.4. The van der Waals surface area contributed by atoms with Crippen molar-refractivity contribution in [3.63, 3.8) is 0 Å². The molecule has 1 unspecified atom stereocenters. The van der Waals surface area contributed by atoms with Crippen molar-refractivity contribution in [1.82, 2.24) is 0 Å². The second kappa shape index (κ2) is 7.30. The van der Waals surface area contributed by atoms with Gasteiger partial charge in [-0.25, -0.2) is 0 Å². The molecule has 24 heavy (non-hydrogen) atoms. The number of aryl methyl sites for hydroxylation is 1. The summed E-state index contributed by atoms with van der Waals surface area (Å²) < 4.78 is 0. The van der Waals surface area contributed by atoms with E-state index in [1.165, 1.54) is 0 Å². The molecule has 4 nitrogen and oxygen atoms in total. The van der Waals surface area contributed by atoms with E-state index in [1.807, 2.05) is 54.6 Å². The van der Waals surface area contributed by atoms with Crippen molar-refractivity contribution < 1.29 is 14.7 Å². The van der Waals surface area contributed by atoms with Crippen molar-refractivity contribution in [2.75, 3.05) is 5.32 Å². The maximum atomic E-state index is 12.7. The largest absolute Gasteiger partial charge is 0.481 e. The molecular formula is C20H21NO3. The van der Waals surface area contributed by atoms with Gasteiger partial charge in [0.05, 0.1) is 5.92 Å². The van der Waals surface area contributed by atoms with E-state index in [4.69, 9.17) is 5.11 Å². The van der Waals surface area contributed by atoms with Gasteiger partial charge in [0.2, 0.25) is 5.91 Å². The molecule has 1 aliphatic rings. The molecule has 0 spiro atoms. The lowest BCUT2D eigenvalue weighted by Crippen LogP contribution is -2.22. The molecule has 2 N–H and O–H groups in total. The number of anilines is 1. The molecule has 2 aromatic carbocycles. The summed E-state index contributed by atoms with van der Waals surface area (Å²) in [7, 11) is 0. The Labute approximate surface area is 141 Å². The third-order valence-electron chi connectivity index (χ3n) is 4.38. The van der Waals surface area contributed by atoms with Crippen molar-refractivity contribution in [1.29, 1.82) is 0 Å². The van der Waals surface area contributed by atoms with E-state index < -0.39 is 5.97 Å². The van der Waals surface area contributed by atoms with Crippen LogP contribution in [-0.2, 0) is 16.0 Å². The Morgan fingerprint density at radius 3 is 2.29 bits per heavy atom. The molecular weight excluding hydrogens is 302 g/mol. The maximum Gasteiger partial charge on any atom is 0.303 e. The molecule has 124 valence electrons. The van der Waals surface area contributed by atoms with Crippen LogP contribution in [0.15, 0.2) is 54.6 Å². The molecule has 0 saturated heterocycles. The Kier molecular flexibility index (Phi) is 4.94. The third-order valence-corrected chi connectivity index (χ3v) is 4.38. The summed E-state index contributed by atoms with van der Waals surface area (Å²) in [5.41, 5.74) is 2.77. The van der Waals surface area contributed by atoms with Gasteiger partial charge in [-0.05, 0) is 48.4 Å². The first-order valence-corrected chi connectivity index (χ1v) is 8.30. The van der Waals surface area contributed by atoms with Gasteiger partial charge in [-0.3, -0.25) is 9.59 Å². The number of hydrogen-bond acceptors (Lipinski definition) is 2. The normalized spacial score (nSPS) is 14.8. The first-order chi connectivity index (χ1) is 11.6. The highest BCUT2D eigenvalue weighted by atomic mass is 16.4. The first kappa shape index (κ1) is 16.2. The summed E-state index contributed by atoms with van der Waals surface area (Å²) in [6.07, 6.45) is 2.81. The van der Waals surface area contributed by atoms with Crippen LogP contribution in [0.25, 0.3) is 0 Å². The Hall–Kier alpha value is -2.62. The van der Waals surface area contributed by atoms with Crippen LogP contribution in [0.2, 0.25) is 0 Å². The van der Waals surface area contributed by atoms with E-state index in [-0.39, 0.29) is 18.2 Å². The van der Waals surface area contributed by atoms with Crippen molar-refractivity contribution in [3.05, 3.63) is 65.7 Å². The van der Waals surface area contributed by atoms with E-state index in [0.717, 1.165) is 29.7 Å². The molecule has 1 aliphatic carbocycles. The number of carboxylic acid groups (broad SMARTS) is 1. The molecule has 0 aromatic heterocycles. The van der Waals surface area contributed by atoms with Crippen molar-refractivity contribution in [2.45, 2.75) is 31.6 Å². The quantitative estimate of drug-likeness (QED) is 0.813. The molecule has 3 rings (SSSR count). The fraction of sp³-hybridized carbons (Fsp3) is 0.300. The number of carbonyl (C=O) groups excluding carboxylic acids is 1. The van der Waals surface area contributed by atoms with E-state index in [0.29, 0.717) is 12.3 Å². The fourth-order valence-corrected chi connectivity index (χ4v) is 2.95. The molecule has 1 amide bonds. The topological polar surface area (TPSA) is 66.4 Å². The predicted octanol–water partition coefficient (Wildman–Crippen LogP) is 3.84. The van der Waals surface area contributed by atoms with E-state index >= 15 is 0 Å². The average molecular weight is 323 g/mol. The highest BCUT2D eigenvalue weighted by molar-refractivity contribution is 5.96. The maximum absolute atomic E-state index is 12.7.